The van der Waals surface area contributed by atoms with E-state index in [0.29, 0.717) is 11.8 Å². The number of methoxy groups -OCH3 is 2. The smallest absolute Gasteiger partial charge is 0.170 e. The zero-order valence-electron chi connectivity index (χ0n) is 15.5. The maximum Gasteiger partial charge on any atom is 0.170 e. The van der Waals surface area contributed by atoms with Gasteiger partial charge in [0, 0.05) is 26.6 Å². The molecule has 0 aromatic heterocycles. The molecule has 1 unspecified atom stereocenters. The van der Waals surface area contributed by atoms with Gasteiger partial charge in [-0.05, 0) is 18.8 Å². The fourth-order valence-corrected chi connectivity index (χ4v) is 3.42. The second-order valence-electron chi connectivity index (χ2n) is 6.86. The van der Waals surface area contributed by atoms with Crippen LogP contribution in [0.25, 0.3) is 0 Å². The molecular weight excluding hydrogens is 260 g/mol. The van der Waals surface area contributed by atoms with Crippen molar-refractivity contribution in [3.05, 3.63) is 0 Å². The van der Waals surface area contributed by atoms with Crippen LogP contribution in [0.5, 0.6) is 0 Å². The second-order valence-corrected chi connectivity index (χ2v) is 6.86. The molecule has 0 heterocycles. The lowest BCUT2D eigenvalue weighted by atomic mass is 9.83. The van der Waals surface area contributed by atoms with Crippen LogP contribution in [0, 0.1) is 11.8 Å². The molecule has 0 aliphatic rings. The highest BCUT2D eigenvalue weighted by atomic mass is 16.7. The molecule has 1 atom stereocenters. The number of hydrogen-bond donors (Lipinski definition) is 0. The van der Waals surface area contributed by atoms with Gasteiger partial charge in [0.05, 0.1) is 0 Å². The van der Waals surface area contributed by atoms with Gasteiger partial charge in [-0.15, -0.1) is 0 Å². The minimum Gasteiger partial charge on any atom is -0.353 e. The summed E-state index contributed by atoms with van der Waals surface area (Å²) >= 11 is 0. The van der Waals surface area contributed by atoms with Crippen molar-refractivity contribution < 1.29 is 9.47 Å². The van der Waals surface area contributed by atoms with Crippen LogP contribution in [0.2, 0.25) is 0 Å². The Hall–Kier alpha value is -0.0800. The van der Waals surface area contributed by atoms with E-state index in [1.54, 1.807) is 0 Å². The molecule has 0 aliphatic carbocycles. The van der Waals surface area contributed by atoms with Crippen LogP contribution in [-0.2, 0) is 9.47 Å². The fourth-order valence-electron chi connectivity index (χ4n) is 3.42. The predicted octanol–water partition coefficient (Wildman–Crippen LogP) is 6.19. The SMILES string of the molecule is CCCCCCCCC(CCC)C(CC(C)C)(OC)OC. The predicted molar refractivity (Wildman–Crippen MR) is 92.6 cm³/mol. The monoisotopic (exact) mass is 300 g/mol. The molecule has 0 aromatic rings. The van der Waals surface area contributed by atoms with Gasteiger partial charge in [-0.25, -0.2) is 0 Å². The van der Waals surface area contributed by atoms with E-state index in [0.717, 1.165) is 6.42 Å². The van der Waals surface area contributed by atoms with E-state index in [-0.39, 0.29) is 5.79 Å². The summed E-state index contributed by atoms with van der Waals surface area (Å²) in [7, 11) is 3.63. The Bertz CT molecular complexity index is 222. The van der Waals surface area contributed by atoms with Gasteiger partial charge >= 0.3 is 0 Å². The van der Waals surface area contributed by atoms with Crippen molar-refractivity contribution in [3.63, 3.8) is 0 Å². The maximum absolute atomic E-state index is 5.89. The average Bonchev–Trinajstić information content (AvgIpc) is 2.47. The standard InChI is InChI=1S/C19H40O2/c1-7-9-10-11-12-13-15-18(14-8-2)19(20-5,21-6)16-17(3)4/h17-18H,7-16H2,1-6H3. The van der Waals surface area contributed by atoms with E-state index in [9.17, 15) is 0 Å². The van der Waals surface area contributed by atoms with Crippen molar-refractivity contribution in [2.75, 3.05) is 14.2 Å². The van der Waals surface area contributed by atoms with Gasteiger partial charge in [0.2, 0.25) is 0 Å². The molecule has 0 radical (unpaired) electrons. The Morgan fingerprint density at radius 1 is 0.762 bits per heavy atom. The third-order valence-electron chi connectivity index (χ3n) is 4.55. The van der Waals surface area contributed by atoms with E-state index in [2.05, 4.69) is 27.7 Å². The van der Waals surface area contributed by atoms with E-state index >= 15 is 0 Å². The van der Waals surface area contributed by atoms with Crippen molar-refractivity contribution in [2.45, 2.75) is 97.7 Å². The summed E-state index contributed by atoms with van der Waals surface area (Å²) in [5, 5.41) is 0. The largest absolute Gasteiger partial charge is 0.353 e. The highest BCUT2D eigenvalue weighted by molar-refractivity contribution is 4.80. The average molecular weight is 301 g/mol. The molecule has 0 saturated heterocycles. The highest BCUT2D eigenvalue weighted by Crippen LogP contribution is 2.36. The number of unbranched alkanes of at least 4 members (excludes halogenated alkanes) is 5. The van der Waals surface area contributed by atoms with Crippen molar-refractivity contribution in [1.29, 1.82) is 0 Å². The first-order valence-electron chi connectivity index (χ1n) is 9.16. The quantitative estimate of drug-likeness (QED) is 0.281. The molecule has 0 fully saturated rings. The van der Waals surface area contributed by atoms with Crippen LogP contribution in [0.1, 0.15) is 91.9 Å². The lowest BCUT2D eigenvalue weighted by Crippen LogP contribution is -2.43. The Morgan fingerprint density at radius 2 is 1.33 bits per heavy atom. The normalized spacial score (nSPS) is 13.9. The summed E-state index contributed by atoms with van der Waals surface area (Å²) in [4.78, 5) is 0. The minimum absolute atomic E-state index is 0.381. The van der Waals surface area contributed by atoms with Gasteiger partial charge in [-0.2, -0.15) is 0 Å². The van der Waals surface area contributed by atoms with Crippen LogP contribution in [-0.4, -0.2) is 20.0 Å². The highest BCUT2D eigenvalue weighted by Gasteiger charge is 2.38. The summed E-state index contributed by atoms with van der Waals surface area (Å²) in [5.74, 6) is 0.730. The van der Waals surface area contributed by atoms with Crippen molar-refractivity contribution in [1.82, 2.24) is 0 Å². The third-order valence-corrected chi connectivity index (χ3v) is 4.55. The summed E-state index contributed by atoms with van der Waals surface area (Å²) in [6, 6.07) is 0. The van der Waals surface area contributed by atoms with E-state index in [1.807, 2.05) is 14.2 Å². The molecule has 0 rings (SSSR count). The Labute approximate surface area is 134 Å². The summed E-state index contributed by atoms with van der Waals surface area (Å²) in [6.07, 6.45) is 12.7. The first kappa shape index (κ1) is 20.9. The number of hydrogen-bond acceptors (Lipinski definition) is 2. The lowest BCUT2D eigenvalue weighted by molar-refractivity contribution is -0.251. The molecule has 0 aliphatic heterocycles. The summed E-state index contributed by atoms with van der Waals surface area (Å²) < 4.78 is 11.8. The van der Waals surface area contributed by atoms with Gasteiger partial charge in [-0.3, -0.25) is 0 Å². The van der Waals surface area contributed by atoms with Gasteiger partial charge in [0.1, 0.15) is 0 Å². The van der Waals surface area contributed by atoms with Crippen molar-refractivity contribution >= 4 is 0 Å². The molecule has 0 N–H and O–H groups in total. The Balaban J connectivity index is 4.45. The minimum atomic E-state index is -0.381. The molecule has 0 amide bonds. The van der Waals surface area contributed by atoms with Crippen molar-refractivity contribution in [3.8, 4) is 0 Å². The summed E-state index contributed by atoms with van der Waals surface area (Å²) in [5.41, 5.74) is 0. The molecule has 0 spiro atoms. The van der Waals surface area contributed by atoms with Crippen LogP contribution >= 0.6 is 0 Å². The van der Waals surface area contributed by atoms with Gasteiger partial charge in [-0.1, -0.05) is 72.6 Å². The van der Waals surface area contributed by atoms with Crippen molar-refractivity contribution in [2.24, 2.45) is 11.8 Å². The van der Waals surface area contributed by atoms with Gasteiger partial charge < -0.3 is 9.47 Å². The first-order valence-corrected chi connectivity index (χ1v) is 9.16. The molecule has 0 aromatic carbocycles. The summed E-state index contributed by atoms with van der Waals surface area (Å²) in [6.45, 7) is 9.04. The molecule has 21 heavy (non-hydrogen) atoms. The zero-order valence-corrected chi connectivity index (χ0v) is 15.5. The topological polar surface area (TPSA) is 18.5 Å². The van der Waals surface area contributed by atoms with Gasteiger partial charge in [0.15, 0.2) is 5.79 Å². The first-order chi connectivity index (χ1) is 10.1. The van der Waals surface area contributed by atoms with E-state index in [1.165, 1.54) is 57.8 Å². The van der Waals surface area contributed by atoms with Crippen LogP contribution in [0.15, 0.2) is 0 Å². The van der Waals surface area contributed by atoms with Gasteiger partial charge in [0.25, 0.3) is 0 Å². The van der Waals surface area contributed by atoms with Crippen LogP contribution in [0.4, 0.5) is 0 Å². The van der Waals surface area contributed by atoms with Crippen LogP contribution in [0.3, 0.4) is 0 Å². The fraction of sp³-hybridized carbons (Fsp3) is 1.00. The lowest BCUT2D eigenvalue weighted by Gasteiger charge is -2.40. The third kappa shape index (κ3) is 8.21. The molecule has 2 heteroatoms. The molecule has 0 saturated carbocycles. The Morgan fingerprint density at radius 3 is 1.81 bits per heavy atom. The molecule has 128 valence electrons. The second kappa shape index (κ2) is 12.5. The number of rotatable bonds is 14. The zero-order chi connectivity index (χ0) is 16.1. The van der Waals surface area contributed by atoms with Crippen LogP contribution < -0.4 is 0 Å². The Kier molecular flexibility index (Phi) is 12.4. The molecule has 2 nitrogen and oxygen atoms in total. The van der Waals surface area contributed by atoms with E-state index < -0.39 is 0 Å². The molecule has 0 bridgehead atoms. The molecular formula is C19H40O2. The number of ether oxygens (including phenoxy) is 2. The van der Waals surface area contributed by atoms with E-state index in [4.69, 9.17) is 9.47 Å². The maximum atomic E-state index is 5.89.